The van der Waals surface area contributed by atoms with Crippen LogP contribution >= 0.6 is 0 Å². The second-order valence-electron chi connectivity index (χ2n) is 1.57. The average Bonchev–Trinajstić information content (AvgIpc) is 1.63. The van der Waals surface area contributed by atoms with Gasteiger partial charge in [-0.05, 0) is 6.42 Å². The predicted octanol–water partition coefficient (Wildman–Crippen LogP) is -3.29. The third-order valence-electron chi connectivity index (χ3n) is 0.691. The van der Waals surface area contributed by atoms with Gasteiger partial charge in [0.15, 0.2) is 0 Å². The molecule has 0 saturated heterocycles. The van der Waals surface area contributed by atoms with Crippen molar-refractivity contribution in [1.29, 1.82) is 0 Å². The van der Waals surface area contributed by atoms with E-state index in [9.17, 15) is 4.79 Å². The van der Waals surface area contributed by atoms with Gasteiger partial charge in [-0.3, -0.25) is 4.79 Å². The largest absolute Gasteiger partial charge is 1.00 e. The van der Waals surface area contributed by atoms with E-state index in [4.69, 9.17) is 10.2 Å². The Morgan fingerprint density at radius 2 is 2.20 bits per heavy atom. The first-order chi connectivity index (χ1) is 4.16. The first-order valence-corrected chi connectivity index (χ1v) is 2.72. The Balaban J connectivity index is -0.000000320. The molecule has 0 radical (unpaired) electrons. The number of rotatable bonds is 3. The molecule has 0 unspecified atom stereocenters. The molecule has 2 N–H and O–H groups in total. The van der Waals surface area contributed by atoms with Crippen LogP contribution in [-0.2, 0) is 9.53 Å². The van der Waals surface area contributed by atoms with E-state index in [1.165, 1.54) is 0 Å². The Bertz CT molecular complexity index is 98.5. The zero-order valence-corrected chi connectivity index (χ0v) is 8.20. The summed E-state index contributed by atoms with van der Waals surface area (Å²) in [6.45, 7) is -0.172. The van der Waals surface area contributed by atoms with Gasteiger partial charge in [0.25, 0.3) is 0 Å². The summed E-state index contributed by atoms with van der Waals surface area (Å²) >= 11 is 0. The van der Waals surface area contributed by atoms with Crippen LogP contribution in [0.25, 0.3) is 0 Å². The molecule has 0 aromatic heterocycles. The predicted molar refractivity (Wildman–Crippen MR) is 30.3 cm³/mol. The maximum atomic E-state index is 10.3. The van der Waals surface area contributed by atoms with Gasteiger partial charge in [0, 0.05) is 6.42 Å². The second-order valence-corrected chi connectivity index (χ2v) is 1.57. The normalized spacial score (nSPS) is 8.80. The Morgan fingerprint density at radius 1 is 1.70 bits per heavy atom. The SMILES string of the molecule is CCCC(=O)OC(O)O.[H-].[Na+]. The zero-order chi connectivity index (χ0) is 7.28. The van der Waals surface area contributed by atoms with Crippen LogP contribution < -0.4 is 29.6 Å². The molecule has 4 nitrogen and oxygen atoms in total. The molecule has 0 aliphatic rings. The molecule has 0 aromatic carbocycles. The van der Waals surface area contributed by atoms with E-state index in [1.54, 1.807) is 6.92 Å². The monoisotopic (exact) mass is 158 g/mol. The molecule has 0 aliphatic heterocycles. The van der Waals surface area contributed by atoms with Gasteiger partial charge in [0.2, 0.25) is 0 Å². The molecule has 0 fully saturated rings. The fourth-order valence-corrected chi connectivity index (χ4v) is 0.381. The molecule has 10 heavy (non-hydrogen) atoms. The molecule has 0 saturated carbocycles. The molecular weight excluding hydrogens is 147 g/mol. The summed E-state index contributed by atoms with van der Waals surface area (Å²) in [6.07, 6.45) is 0.864. The Morgan fingerprint density at radius 3 is 2.50 bits per heavy atom. The van der Waals surface area contributed by atoms with Crippen molar-refractivity contribution < 1.29 is 50.7 Å². The van der Waals surface area contributed by atoms with Gasteiger partial charge in [0.1, 0.15) is 0 Å². The van der Waals surface area contributed by atoms with Crippen molar-refractivity contribution in [2.24, 2.45) is 0 Å². The van der Waals surface area contributed by atoms with Crippen LogP contribution in [0.5, 0.6) is 0 Å². The molecule has 0 heterocycles. The minimum absolute atomic E-state index is 0. The van der Waals surface area contributed by atoms with Crippen LogP contribution in [0.3, 0.4) is 0 Å². The van der Waals surface area contributed by atoms with Crippen molar-refractivity contribution in [3.63, 3.8) is 0 Å². The Labute approximate surface area is 83.0 Å². The molecule has 0 aromatic rings. The third-order valence-corrected chi connectivity index (χ3v) is 0.691. The van der Waals surface area contributed by atoms with Crippen LogP contribution in [-0.4, -0.2) is 22.7 Å². The number of hydrogen-bond donors (Lipinski definition) is 2. The third kappa shape index (κ3) is 8.39. The maximum Gasteiger partial charge on any atom is 1.00 e. The molecule has 0 bridgehead atoms. The molecular formula is C5H11NaO4. The van der Waals surface area contributed by atoms with Gasteiger partial charge in [-0.15, -0.1) is 0 Å². The van der Waals surface area contributed by atoms with Gasteiger partial charge in [-0.2, -0.15) is 0 Å². The Kier molecular flexibility index (Phi) is 9.76. The van der Waals surface area contributed by atoms with Crippen LogP contribution in [0.4, 0.5) is 0 Å². The van der Waals surface area contributed by atoms with Crippen molar-refractivity contribution in [1.82, 2.24) is 0 Å². The first-order valence-electron chi connectivity index (χ1n) is 2.72. The fraction of sp³-hybridized carbons (Fsp3) is 0.800. The second kappa shape index (κ2) is 7.50. The first kappa shape index (κ1) is 13.0. The summed E-state index contributed by atoms with van der Waals surface area (Å²) in [7, 11) is 0. The number of aliphatic hydroxyl groups is 2. The van der Waals surface area contributed by atoms with E-state index in [0.717, 1.165) is 0 Å². The summed E-state index contributed by atoms with van der Waals surface area (Å²) in [4.78, 5) is 10.3. The van der Waals surface area contributed by atoms with Crippen molar-refractivity contribution in [3.8, 4) is 0 Å². The maximum absolute atomic E-state index is 10.3. The Hall–Kier alpha value is 0.390. The molecule has 0 rings (SSSR count). The van der Waals surface area contributed by atoms with E-state index in [-0.39, 0.29) is 37.4 Å². The number of aliphatic hydroxyl groups excluding tert-OH is 1. The summed E-state index contributed by atoms with van der Waals surface area (Å²) in [5.41, 5.74) is 0. The number of carbonyl (C=O) groups excluding carboxylic acids is 1. The molecule has 0 atom stereocenters. The minimum Gasteiger partial charge on any atom is -1.00 e. The summed E-state index contributed by atoms with van der Waals surface area (Å²) in [5.74, 6) is -0.590. The summed E-state index contributed by atoms with van der Waals surface area (Å²) in [5, 5.41) is 16.1. The van der Waals surface area contributed by atoms with E-state index >= 15 is 0 Å². The van der Waals surface area contributed by atoms with Gasteiger partial charge in [-0.25, -0.2) is 0 Å². The van der Waals surface area contributed by atoms with Crippen molar-refractivity contribution in [2.45, 2.75) is 26.2 Å². The van der Waals surface area contributed by atoms with Crippen molar-refractivity contribution in [2.75, 3.05) is 0 Å². The quantitative estimate of drug-likeness (QED) is 0.257. The summed E-state index contributed by atoms with van der Waals surface area (Å²) < 4.78 is 3.96. The molecule has 0 spiro atoms. The smallest absolute Gasteiger partial charge is 1.00 e. The number of ether oxygens (including phenoxy) is 1. The number of carbonyl (C=O) groups is 1. The summed E-state index contributed by atoms with van der Waals surface area (Å²) in [6, 6.07) is 0. The van der Waals surface area contributed by atoms with E-state index in [1.807, 2.05) is 0 Å². The van der Waals surface area contributed by atoms with Gasteiger partial charge in [-0.1, -0.05) is 6.92 Å². The van der Waals surface area contributed by atoms with Crippen LogP contribution in [0.2, 0.25) is 0 Å². The number of esters is 1. The standard InChI is InChI=1S/C5H10O4.Na.H/c1-2-3-4(6)9-5(7)8;;/h5,7-8H,2-3H2,1H3;;/q;+1;-1. The zero-order valence-electron chi connectivity index (χ0n) is 7.20. The van der Waals surface area contributed by atoms with Crippen molar-refractivity contribution in [3.05, 3.63) is 0 Å². The fourth-order valence-electron chi connectivity index (χ4n) is 0.381. The van der Waals surface area contributed by atoms with Gasteiger partial charge >= 0.3 is 42.0 Å². The van der Waals surface area contributed by atoms with Crippen LogP contribution in [0.1, 0.15) is 21.2 Å². The molecule has 0 aliphatic carbocycles. The molecule has 5 heteroatoms. The van der Waals surface area contributed by atoms with E-state index in [0.29, 0.717) is 6.42 Å². The van der Waals surface area contributed by atoms with E-state index < -0.39 is 12.4 Å². The molecule has 56 valence electrons. The average molecular weight is 158 g/mol. The topological polar surface area (TPSA) is 66.8 Å². The van der Waals surface area contributed by atoms with Gasteiger partial charge < -0.3 is 16.4 Å². The minimum atomic E-state index is -1.97. The number of hydrogen-bond acceptors (Lipinski definition) is 4. The van der Waals surface area contributed by atoms with Crippen LogP contribution in [0, 0.1) is 0 Å². The van der Waals surface area contributed by atoms with E-state index in [2.05, 4.69) is 4.74 Å². The van der Waals surface area contributed by atoms with Gasteiger partial charge in [0.05, 0.1) is 0 Å². The molecule has 0 amide bonds. The van der Waals surface area contributed by atoms with Crippen molar-refractivity contribution >= 4 is 5.97 Å². The van der Waals surface area contributed by atoms with Crippen LogP contribution in [0.15, 0.2) is 0 Å².